The maximum absolute atomic E-state index is 2.61. The third-order valence-electron chi connectivity index (χ3n) is 17.8. The molecule has 2 heteroatoms. The summed E-state index contributed by atoms with van der Waals surface area (Å²) in [5.41, 5.74) is 28.3. The van der Waals surface area contributed by atoms with Gasteiger partial charge in [-0.25, -0.2) is 0 Å². The van der Waals surface area contributed by atoms with Crippen LogP contribution in [-0.2, 0) is 31.1 Å². The number of hydrogen-bond donors (Lipinski definition) is 0. The number of hydrogen-bond acceptors (Lipinski definition) is 2. The molecule has 0 atom stereocenters. The van der Waals surface area contributed by atoms with Gasteiger partial charge in [-0.1, -0.05) is 216 Å². The van der Waals surface area contributed by atoms with E-state index in [0.717, 1.165) is 25.7 Å². The first kappa shape index (κ1) is 59.0. The van der Waals surface area contributed by atoms with Crippen molar-refractivity contribution >= 4 is 34.1 Å². The molecule has 0 radical (unpaired) electrons. The van der Waals surface area contributed by atoms with E-state index < -0.39 is 5.41 Å². The molecule has 1 aliphatic carbocycles. The van der Waals surface area contributed by atoms with E-state index in [9.17, 15) is 0 Å². The molecule has 0 fully saturated rings. The van der Waals surface area contributed by atoms with Gasteiger partial charge in [-0.3, -0.25) is 0 Å². The van der Waals surface area contributed by atoms with Gasteiger partial charge < -0.3 is 9.80 Å². The number of anilines is 6. The zero-order valence-corrected chi connectivity index (χ0v) is 51.9. The highest BCUT2D eigenvalue weighted by molar-refractivity contribution is 5.93. The average Bonchev–Trinajstić information content (AvgIpc) is 3.98. The fourth-order valence-corrected chi connectivity index (χ4v) is 13.5. The first-order chi connectivity index (χ1) is 39.3. The van der Waals surface area contributed by atoms with E-state index in [1.807, 2.05) is 0 Å². The van der Waals surface area contributed by atoms with Gasteiger partial charge in [0.2, 0.25) is 0 Å². The molecule has 0 aliphatic heterocycles. The van der Waals surface area contributed by atoms with Crippen LogP contribution in [-0.4, -0.2) is 0 Å². The van der Waals surface area contributed by atoms with E-state index in [-0.39, 0.29) is 0 Å². The molecular weight excluding hydrogens is 977 g/mol. The molecule has 2 nitrogen and oxygen atoms in total. The highest BCUT2D eigenvalue weighted by atomic mass is 15.2. The predicted octanol–water partition coefficient (Wildman–Crippen LogP) is 23.4. The van der Waals surface area contributed by atoms with Crippen LogP contribution in [0.25, 0.3) is 11.1 Å². The zero-order chi connectivity index (χ0) is 57.2. The molecule has 81 heavy (non-hydrogen) atoms. The van der Waals surface area contributed by atoms with Crippen molar-refractivity contribution in [2.24, 2.45) is 0 Å². The lowest BCUT2D eigenvalue weighted by Gasteiger charge is -2.37. The summed E-state index contributed by atoms with van der Waals surface area (Å²) < 4.78 is 0. The van der Waals surface area contributed by atoms with Crippen LogP contribution in [0, 0.1) is 27.7 Å². The van der Waals surface area contributed by atoms with Crippen molar-refractivity contribution in [3.8, 4) is 11.1 Å². The number of unbranched alkanes of at least 4 members (excludes halogenated alkanes) is 8. The van der Waals surface area contributed by atoms with Crippen LogP contribution in [0.5, 0.6) is 0 Å². The highest BCUT2D eigenvalue weighted by Gasteiger charge is 2.47. The third-order valence-corrected chi connectivity index (χ3v) is 17.8. The Hall–Kier alpha value is -6.64. The summed E-state index contributed by atoms with van der Waals surface area (Å²) in [6, 6.07) is 63.5. The minimum absolute atomic E-state index is 0.441. The second-order valence-electron chi connectivity index (χ2n) is 24.8. The van der Waals surface area contributed by atoms with Gasteiger partial charge in [-0.15, -0.1) is 0 Å². The standard InChI is InChI=1S/C79H96N2/c1-13-17-21-23-29-61-31-25-33-67(51-61)79(68-34-26-32-62(52-68)30-24-22-18-14-2)75-53-71(80(69-39-35-65(36-40-69)55(5)6)77-57(9)47-63(27-19-15-3)48-58(77)10)43-45-73(75)74-46-44-72(54-76(74)79)81(70-41-37-66(38-42-70)56(7)8)78-59(11)49-64(28-20-16-4)50-60(78)12/h25-26,31-56H,13-24,27-30H2,1-12H3. The SMILES string of the molecule is CCCCCCc1cccc(C2(c3cccc(CCCCCC)c3)c3cc(N(c4ccc(C(C)C)cc4)c4c(C)cc(CCCC)cc4C)ccc3-c3ccc(N(c4ccc(C(C)C)cc4)c4c(C)cc(CCCC)cc4C)cc32)c1. The lowest BCUT2D eigenvalue weighted by atomic mass is 9.67. The zero-order valence-electron chi connectivity index (χ0n) is 51.9. The van der Waals surface area contributed by atoms with Crippen molar-refractivity contribution < 1.29 is 0 Å². The second kappa shape index (κ2) is 27.0. The Morgan fingerprint density at radius 1 is 0.333 bits per heavy atom. The predicted molar refractivity (Wildman–Crippen MR) is 353 cm³/mol. The molecule has 1 aliphatic rings. The van der Waals surface area contributed by atoms with Gasteiger partial charge in [-0.2, -0.15) is 0 Å². The van der Waals surface area contributed by atoms with E-state index in [2.05, 4.69) is 251 Å². The van der Waals surface area contributed by atoms with Gasteiger partial charge in [0.25, 0.3) is 0 Å². The van der Waals surface area contributed by atoms with Crippen LogP contribution in [0.4, 0.5) is 34.1 Å². The van der Waals surface area contributed by atoms with Crippen molar-refractivity contribution in [2.45, 2.75) is 203 Å². The fourth-order valence-electron chi connectivity index (χ4n) is 13.5. The molecule has 8 aromatic carbocycles. The molecule has 8 aromatic rings. The number of rotatable bonds is 26. The second-order valence-corrected chi connectivity index (χ2v) is 24.8. The minimum Gasteiger partial charge on any atom is -0.310 e. The summed E-state index contributed by atoms with van der Waals surface area (Å²) in [6.45, 7) is 27.8. The van der Waals surface area contributed by atoms with Crippen LogP contribution in [0.1, 0.15) is 222 Å². The van der Waals surface area contributed by atoms with E-state index in [0.29, 0.717) is 11.8 Å². The van der Waals surface area contributed by atoms with Gasteiger partial charge in [0.1, 0.15) is 0 Å². The number of fused-ring (bicyclic) bond motifs is 3. The monoisotopic (exact) mass is 1070 g/mol. The maximum atomic E-state index is 2.61. The molecule has 0 amide bonds. The Balaban J connectivity index is 1.36. The van der Waals surface area contributed by atoms with Crippen LogP contribution in [0.3, 0.4) is 0 Å². The molecule has 422 valence electrons. The largest absolute Gasteiger partial charge is 0.310 e. The fraction of sp³-hybridized carbons (Fsp3) is 0.392. The molecule has 0 saturated heterocycles. The van der Waals surface area contributed by atoms with E-state index in [4.69, 9.17) is 0 Å². The summed E-state index contributed by atoms with van der Waals surface area (Å²) in [5, 5.41) is 0. The van der Waals surface area contributed by atoms with Gasteiger partial charge in [0.05, 0.1) is 16.8 Å². The van der Waals surface area contributed by atoms with Crippen molar-refractivity contribution in [3.63, 3.8) is 0 Å². The van der Waals surface area contributed by atoms with E-state index in [1.165, 1.54) is 200 Å². The quantitative estimate of drug-likeness (QED) is 0.0499. The van der Waals surface area contributed by atoms with Crippen LogP contribution in [0.15, 0.2) is 158 Å². The molecule has 0 spiro atoms. The van der Waals surface area contributed by atoms with Gasteiger partial charge >= 0.3 is 0 Å². The molecule has 0 heterocycles. The minimum atomic E-state index is -0.655. The van der Waals surface area contributed by atoms with Crippen LogP contribution in [0.2, 0.25) is 0 Å². The smallest absolute Gasteiger partial charge is 0.0715 e. The third kappa shape index (κ3) is 12.7. The topological polar surface area (TPSA) is 6.48 Å². The van der Waals surface area contributed by atoms with Crippen molar-refractivity contribution in [2.75, 3.05) is 9.80 Å². The average molecular weight is 1070 g/mol. The Kier molecular flexibility index (Phi) is 19.6. The lowest BCUT2D eigenvalue weighted by Crippen LogP contribution is -2.29. The molecular formula is C79H96N2. The van der Waals surface area contributed by atoms with Crippen molar-refractivity contribution in [3.05, 3.63) is 236 Å². The van der Waals surface area contributed by atoms with Gasteiger partial charge in [0.15, 0.2) is 0 Å². The normalized spacial score (nSPS) is 12.6. The number of nitrogens with zero attached hydrogens (tertiary/aromatic N) is 2. The Bertz CT molecular complexity index is 3100. The van der Waals surface area contributed by atoms with Gasteiger partial charge in [-0.05, 0) is 228 Å². The molecule has 0 unspecified atom stereocenters. The number of aryl methyl sites for hydroxylation is 8. The molecule has 0 saturated carbocycles. The van der Waals surface area contributed by atoms with E-state index >= 15 is 0 Å². The molecule has 0 aromatic heterocycles. The molecule has 0 bridgehead atoms. The van der Waals surface area contributed by atoms with Gasteiger partial charge in [0, 0.05) is 22.7 Å². The first-order valence-electron chi connectivity index (χ1n) is 31.8. The summed E-state index contributed by atoms with van der Waals surface area (Å²) in [5.74, 6) is 0.881. The Morgan fingerprint density at radius 2 is 0.679 bits per heavy atom. The first-order valence-corrected chi connectivity index (χ1v) is 31.8. The van der Waals surface area contributed by atoms with Crippen LogP contribution >= 0.6 is 0 Å². The Labute approximate surface area is 491 Å². The van der Waals surface area contributed by atoms with E-state index in [1.54, 1.807) is 0 Å². The van der Waals surface area contributed by atoms with Crippen molar-refractivity contribution in [1.82, 2.24) is 0 Å². The summed E-state index contributed by atoms with van der Waals surface area (Å²) in [4.78, 5) is 5.18. The highest BCUT2D eigenvalue weighted by Crippen LogP contribution is 2.59. The van der Waals surface area contributed by atoms with Crippen molar-refractivity contribution in [1.29, 1.82) is 0 Å². The summed E-state index contributed by atoms with van der Waals surface area (Å²) >= 11 is 0. The summed E-state index contributed by atoms with van der Waals surface area (Å²) in [7, 11) is 0. The summed E-state index contributed by atoms with van der Waals surface area (Å²) in [6.07, 6.45) is 19.0. The lowest BCUT2D eigenvalue weighted by molar-refractivity contribution is 0.664. The number of benzene rings is 8. The van der Waals surface area contributed by atoms with Crippen LogP contribution < -0.4 is 9.80 Å². The molecule has 9 rings (SSSR count). The maximum Gasteiger partial charge on any atom is 0.0715 e. The molecule has 0 N–H and O–H groups in total. The Morgan fingerprint density at radius 3 is 1.02 bits per heavy atom.